The second kappa shape index (κ2) is 6.46. The third-order valence-electron chi connectivity index (χ3n) is 2.57. The molecule has 0 saturated carbocycles. The van der Waals surface area contributed by atoms with Crippen LogP contribution in [0.5, 0.6) is 0 Å². The van der Waals surface area contributed by atoms with Crippen LogP contribution in [0.1, 0.15) is 27.7 Å². The van der Waals surface area contributed by atoms with Gasteiger partial charge in [-0.25, -0.2) is 0 Å². The van der Waals surface area contributed by atoms with E-state index in [0.717, 1.165) is 12.6 Å². The van der Waals surface area contributed by atoms with E-state index in [4.69, 9.17) is 22.2 Å². The lowest BCUT2D eigenvalue weighted by Crippen LogP contribution is -2.52. The lowest BCUT2D eigenvalue weighted by Gasteiger charge is -2.36. The van der Waals surface area contributed by atoms with E-state index < -0.39 is 15.8 Å². The van der Waals surface area contributed by atoms with Gasteiger partial charge in [0.1, 0.15) is 8.96 Å². The summed E-state index contributed by atoms with van der Waals surface area (Å²) in [6.07, 6.45) is 0. The molecule has 0 saturated heterocycles. The van der Waals surface area contributed by atoms with Gasteiger partial charge in [-0.3, -0.25) is 0 Å². The molecule has 0 heterocycles. The minimum Gasteiger partial charge on any atom is -0.324 e. The van der Waals surface area contributed by atoms with Gasteiger partial charge in [0, 0.05) is 0 Å². The smallest absolute Gasteiger partial charge is 0.318 e. The first-order valence-electron chi connectivity index (χ1n) is 5.17. The molecule has 0 spiro atoms. The minimum atomic E-state index is -2.07. The maximum atomic E-state index is 6.40. The van der Waals surface area contributed by atoms with E-state index in [1.165, 1.54) is 12.1 Å². The van der Waals surface area contributed by atoms with Crippen LogP contribution in [-0.2, 0) is 0 Å². The molecule has 0 aliphatic heterocycles. The van der Waals surface area contributed by atoms with Gasteiger partial charge in [0.25, 0.3) is 0 Å². The monoisotopic (exact) mass is 257 g/mol. The van der Waals surface area contributed by atoms with E-state index in [-0.39, 0.29) is 0 Å². The highest BCUT2D eigenvalue weighted by atomic mass is 35.7. The zero-order valence-electron chi connectivity index (χ0n) is 9.11. The van der Waals surface area contributed by atoms with Crippen molar-refractivity contribution in [1.29, 1.82) is 0 Å². The van der Waals surface area contributed by atoms with Crippen molar-refractivity contribution >= 4 is 38.0 Å². The normalized spacial score (nSPS) is 12.9. The largest absolute Gasteiger partial charge is 0.324 e. The highest BCUT2D eigenvalue weighted by Crippen LogP contribution is 2.27. The predicted octanol–water partition coefficient (Wildman–Crippen LogP) is 3.51. The summed E-state index contributed by atoms with van der Waals surface area (Å²) in [6, 6.07) is 3.49. The molecule has 5 heteroatoms. The first kappa shape index (κ1) is 14.0. The standard InChI is InChI=1S/C8H21Cl2NSi2/c1-5-11(12(6-2)7-3)13(9,10)8-4/h12H,5-8H2,1-4H3. The van der Waals surface area contributed by atoms with Crippen LogP contribution in [0.4, 0.5) is 0 Å². The van der Waals surface area contributed by atoms with E-state index in [2.05, 4.69) is 31.9 Å². The van der Waals surface area contributed by atoms with Crippen LogP contribution in [0, 0.1) is 0 Å². The van der Waals surface area contributed by atoms with Crippen molar-refractivity contribution in [3.8, 4) is 0 Å². The summed E-state index contributed by atoms with van der Waals surface area (Å²) >= 11 is 12.8. The fourth-order valence-corrected chi connectivity index (χ4v) is 11.5. The molecule has 0 fully saturated rings. The quantitative estimate of drug-likeness (QED) is 0.520. The van der Waals surface area contributed by atoms with Crippen molar-refractivity contribution in [2.45, 2.75) is 45.8 Å². The Balaban J connectivity index is 4.46. The molecule has 0 aliphatic rings. The van der Waals surface area contributed by atoms with Crippen LogP contribution in [0.25, 0.3) is 0 Å². The summed E-state index contributed by atoms with van der Waals surface area (Å²) in [6.45, 7) is 7.76. The Morgan fingerprint density at radius 2 is 1.54 bits per heavy atom. The number of nitrogens with zero attached hydrogens (tertiary/aromatic N) is 1. The van der Waals surface area contributed by atoms with Gasteiger partial charge in [0.15, 0.2) is 0 Å². The van der Waals surface area contributed by atoms with Gasteiger partial charge >= 0.3 is 6.86 Å². The molecule has 0 unspecified atom stereocenters. The molecule has 0 bridgehead atoms. The lowest BCUT2D eigenvalue weighted by molar-refractivity contribution is 0.672. The Labute approximate surface area is 94.6 Å². The van der Waals surface area contributed by atoms with Crippen molar-refractivity contribution in [3.05, 3.63) is 0 Å². The molecule has 0 rings (SSSR count). The van der Waals surface area contributed by atoms with Gasteiger partial charge in [-0.15, -0.1) is 22.2 Å². The maximum Gasteiger partial charge on any atom is 0.318 e. The Hall–Kier alpha value is 0.974. The molecule has 0 amide bonds. The summed E-state index contributed by atoms with van der Waals surface area (Å²) < 4.78 is 2.45. The second-order valence-corrected chi connectivity index (χ2v) is 14.3. The van der Waals surface area contributed by atoms with Crippen LogP contribution in [0.2, 0.25) is 18.1 Å². The topological polar surface area (TPSA) is 3.24 Å². The fourth-order valence-electron chi connectivity index (χ4n) is 1.69. The van der Waals surface area contributed by atoms with Gasteiger partial charge in [0.2, 0.25) is 0 Å². The summed E-state index contributed by atoms with van der Waals surface area (Å²) in [7, 11) is -0.819. The SMILES string of the molecule is CCN([SiH](CC)CC)[Si](Cl)(Cl)CC. The van der Waals surface area contributed by atoms with Crippen LogP contribution >= 0.6 is 22.2 Å². The second-order valence-electron chi connectivity index (χ2n) is 3.28. The van der Waals surface area contributed by atoms with Crippen molar-refractivity contribution < 1.29 is 0 Å². The Morgan fingerprint density at radius 3 is 1.77 bits per heavy atom. The Bertz CT molecular complexity index is 140. The van der Waals surface area contributed by atoms with E-state index in [1.54, 1.807) is 0 Å². The van der Waals surface area contributed by atoms with Crippen molar-refractivity contribution in [2.24, 2.45) is 0 Å². The summed E-state index contributed by atoms with van der Waals surface area (Å²) in [5.74, 6) is 0. The summed E-state index contributed by atoms with van der Waals surface area (Å²) in [4.78, 5) is 0. The first-order valence-corrected chi connectivity index (χ1v) is 11.5. The van der Waals surface area contributed by atoms with Crippen molar-refractivity contribution in [3.63, 3.8) is 0 Å². The molecule has 0 N–H and O–H groups in total. The molecular formula is C8H21Cl2NSi2. The summed E-state index contributed by atoms with van der Waals surface area (Å²) in [5.41, 5.74) is 0. The van der Waals surface area contributed by atoms with Gasteiger partial charge in [-0.05, 0) is 12.6 Å². The van der Waals surface area contributed by atoms with E-state index in [1.807, 2.05) is 0 Å². The molecule has 0 aromatic heterocycles. The van der Waals surface area contributed by atoms with Crippen molar-refractivity contribution in [2.75, 3.05) is 6.54 Å². The third-order valence-corrected chi connectivity index (χ3v) is 14.0. The number of rotatable bonds is 6. The fraction of sp³-hybridized carbons (Fsp3) is 1.00. The lowest BCUT2D eigenvalue weighted by atomic mass is 10.8. The Morgan fingerprint density at radius 1 is 1.08 bits per heavy atom. The molecular weight excluding hydrogens is 237 g/mol. The number of halogens is 2. The molecule has 0 aromatic carbocycles. The first-order chi connectivity index (χ1) is 6.03. The van der Waals surface area contributed by atoms with Gasteiger partial charge in [-0.1, -0.05) is 39.8 Å². The van der Waals surface area contributed by atoms with Crippen LogP contribution < -0.4 is 0 Å². The highest BCUT2D eigenvalue weighted by Gasteiger charge is 2.36. The summed E-state index contributed by atoms with van der Waals surface area (Å²) in [5, 5.41) is 0. The molecule has 13 heavy (non-hydrogen) atoms. The zero-order valence-corrected chi connectivity index (χ0v) is 12.8. The number of hydrogen-bond acceptors (Lipinski definition) is 1. The number of hydrogen-bond donors (Lipinski definition) is 0. The molecule has 0 atom stereocenters. The molecule has 0 radical (unpaired) electrons. The third kappa shape index (κ3) is 3.92. The van der Waals surface area contributed by atoms with Crippen LogP contribution in [0.15, 0.2) is 0 Å². The average molecular weight is 258 g/mol. The van der Waals surface area contributed by atoms with Gasteiger partial charge in [0.05, 0.1) is 0 Å². The van der Waals surface area contributed by atoms with Crippen LogP contribution in [0.3, 0.4) is 0 Å². The van der Waals surface area contributed by atoms with Gasteiger partial charge in [-0.2, -0.15) is 0 Å². The average Bonchev–Trinajstić information content (AvgIpc) is 2.13. The van der Waals surface area contributed by atoms with E-state index in [0.29, 0.717) is 0 Å². The molecule has 0 aliphatic carbocycles. The Kier molecular flexibility index (Phi) is 6.94. The van der Waals surface area contributed by atoms with Crippen molar-refractivity contribution in [1.82, 2.24) is 4.23 Å². The highest BCUT2D eigenvalue weighted by molar-refractivity contribution is 7.45. The molecule has 0 aromatic rings. The maximum absolute atomic E-state index is 6.40. The zero-order chi connectivity index (χ0) is 10.5. The van der Waals surface area contributed by atoms with E-state index in [9.17, 15) is 0 Å². The van der Waals surface area contributed by atoms with E-state index >= 15 is 0 Å². The molecule has 1 nitrogen and oxygen atoms in total. The van der Waals surface area contributed by atoms with Crippen LogP contribution in [-0.4, -0.2) is 26.6 Å². The minimum absolute atomic E-state index is 0.819. The van der Waals surface area contributed by atoms with Gasteiger partial charge < -0.3 is 4.23 Å². The molecule has 80 valence electrons. The predicted molar refractivity (Wildman–Crippen MR) is 68.4 cm³/mol.